The fraction of sp³-hybridized carbons (Fsp3) is 0.0811. The quantitative estimate of drug-likeness (QED) is 0.216. The highest BCUT2D eigenvalue weighted by Crippen LogP contribution is 2.63. The molecule has 0 nitrogen and oxygen atoms in total. The first-order chi connectivity index (χ1) is 19.3. The summed E-state index contributed by atoms with van der Waals surface area (Å²) in [7, 11) is 0. The Kier molecular flexibility index (Phi) is 5.46. The van der Waals surface area contributed by atoms with E-state index in [2.05, 4.69) is 140 Å². The Bertz CT molecular complexity index is 1780. The Morgan fingerprint density at radius 3 is 1.97 bits per heavy atom. The van der Waals surface area contributed by atoms with Crippen LogP contribution in [0.25, 0.3) is 11.1 Å². The van der Waals surface area contributed by atoms with Gasteiger partial charge in [-0.05, 0) is 69.6 Å². The first kappa shape index (κ1) is 23.2. The number of fused-ring (bicyclic) bond motifs is 8. The van der Waals surface area contributed by atoms with Crippen molar-refractivity contribution in [3.63, 3.8) is 0 Å². The highest BCUT2D eigenvalue weighted by atomic mass is 32.2. The number of hydrogen-bond acceptors (Lipinski definition) is 2. The van der Waals surface area contributed by atoms with E-state index in [-0.39, 0.29) is 0 Å². The van der Waals surface area contributed by atoms with Crippen LogP contribution in [-0.4, -0.2) is 0 Å². The maximum Gasteiger partial charge on any atom is 0.0751 e. The fourth-order valence-electron chi connectivity index (χ4n) is 6.66. The highest BCUT2D eigenvalue weighted by molar-refractivity contribution is 8.00. The Morgan fingerprint density at radius 2 is 1.23 bits per heavy atom. The molecule has 0 amide bonds. The predicted octanol–water partition coefficient (Wildman–Crippen LogP) is 10.3. The lowest BCUT2D eigenvalue weighted by atomic mass is 9.62. The van der Waals surface area contributed by atoms with Gasteiger partial charge in [-0.3, -0.25) is 0 Å². The lowest BCUT2D eigenvalue weighted by Crippen LogP contribution is -2.37. The van der Waals surface area contributed by atoms with Gasteiger partial charge in [0.2, 0.25) is 0 Å². The molecule has 186 valence electrons. The van der Waals surface area contributed by atoms with Crippen LogP contribution in [0.4, 0.5) is 0 Å². The maximum atomic E-state index is 2.47. The number of allylic oxidation sites excluding steroid dienone is 4. The summed E-state index contributed by atoms with van der Waals surface area (Å²) in [6.45, 7) is 0. The lowest BCUT2D eigenvalue weighted by molar-refractivity contribution is 0.667. The van der Waals surface area contributed by atoms with Crippen molar-refractivity contribution in [2.45, 2.75) is 37.3 Å². The molecule has 39 heavy (non-hydrogen) atoms. The molecule has 2 atom stereocenters. The van der Waals surface area contributed by atoms with Crippen LogP contribution in [-0.2, 0) is 5.41 Å². The van der Waals surface area contributed by atoms with Crippen molar-refractivity contribution in [2.75, 3.05) is 0 Å². The zero-order valence-electron chi connectivity index (χ0n) is 21.4. The van der Waals surface area contributed by atoms with Crippen LogP contribution in [0.1, 0.15) is 40.2 Å². The Balaban J connectivity index is 1.50. The molecule has 2 heterocycles. The molecule has 3 aliphatic rings. The summed E-state index contributed by atoms with van der Waals surface area (Å²) in [6.07, 6.45) is 10.0. The van der Waals surface area contributed by atoms with Crippen molar-refractivity contribution in [2.24, 2.45) is 0 Å². The van der Waals surface area contributed by atoms with E-state index in [4.69, 9.17) is 0 Å². The van der Waals surface area contributed by atoms with Crippen molar-refractivity contribution in [3.05, 3.63) is 167 Å². The van der Waals surface area contributed by atoms with Gasteiger partial charge in [0.25, 0.3) is 0 Å². The summed E-state index contributed by atoms with van der Waals surface area (Å²) in [5, 5.41) is 0. The van der Waals surface area contributed by atoms with Crippen LogP contribution in [0, 0.1) is 0 Å². The van der Waals surface area contributed by atoms with E-state index in [1.54, 1.807) is 0 Å². The van der Waals surface area contributed by atoms with Crippen molar-refractivity contribution < 1.29 is 0 Å². The molecule has 1 spiro atoms. The second-order valence-corrected chi connectivity index (χ2v) is 12.6. The van der Waals surface area contributed by atoms with Crippen LogP contribution in [0.3, 0.4) is 0 Å². The molecule has 2 unspecified atom stereocenters. The zero-order chi connectivity index (χ0) is 25.8. The summed E-state index contributed by atoms with van der Waals surface area (Å²) in [4.78, 5) is 5.39. The highest BCUT2D eigenvalue weighted by Gasteiger charge is 2.49. The molecular formula is C37H26S2. The average Bonchev–Trinajstić information content (AvgIpc) is 3.01. The average molecular weight is 535 g/mol. The molecule has 1 aliphatic carbocycles. The van der Waals surface area contributed by atoms with E-state index in [0.29, 0.717) is 5.92 Å². The molecule has 0 saturated heterocycles. The van der Waals surface area contributed by atoms with Crippen LogP contribution in [0.2, 0.25) is 0 Å². The lowest BCUT2D eigenvalue weighted by Gasteiger charge is -2.46. The minimum absolute atomic E-state index is 0.401. The van der Waals surface area contributed by atoms with E-state index in [1.807, 2.05) is 23.5 Å². The van der Waals surface area contributed by atoms with Crippen molar-refractivity contribution in [1.82, 2.24) is 0 Å². The van der Waals surface area contributed by atoms with Gasteiger partial charge >= 0.3 is 0 Å². The predicted molar refractivity (Wildman–Crippen MR) is 164 cm³/mol. The Hall–Kier alpha value is -3.72. The molecule has 0 N–H and O–H groups in total. The largest absolute Gasteiger partial charge is 0.0894 e. The monoisotopic (exact) mass is 534 g/mol. The van der Waals surface area contributed by atoms with Gasteiger partial charge in [-0.1, -0.05) is 139 Å². The van der Waals surface area contributed by atoms with Crippen LogP contribution in [0.5, 0.6) is 0 Å². The molecule has 5 aromatic rings. The third kappa shape index (κ3) is 3.48. The zero-order valence-corrected chi connectivity index (χ0v) is 23.0. The van der Waals surface area contributed by atoms with Crippen molar-refractivity contribution in [1.29, 1.82) is 0 Å². The summed E-state index contributed by atoms with van der Waals surface area (Å²) in [5.74, 6) is 0.426. The first-order valence-corrected chi connectivity index (χ1v) is 15.2. The van der Waals surface area contributed by atoms with Gasteiger partial charge in [0.1, 0.15) is 0 Å². The minimum atomic E-state index is -0.401. The second-order valence-electron chi connectivity index (χ2n) is 10.4. The van der Waals surface area contributed by atoms with Crippen LogP contribution in [0.15, 0.2) is 159 Å². The van der Waals surface area contributed by atoms with E-state index < -0.39 is 5.41 Å². The van der Waals surface area contributed by atoms with Gasteiger partial charge in [0.15, 0.2) is 0 Å². The molecule has 2 aliphatic heterocycles. The van der Waals surface area contributed by atoms with Gasteiger partial charge in [0, 0.05) is 25.5 Å². The second kappa shape index (κ2) is 9.19. The fourth-order valence-corrected chi connectivity index (χ4v) is 9.13. The summed E-state index contributed by atoms with van der Waals surface area (Å²) in [5.41, 5.74) is 9.13. The first-order valence-electron chi connectivity index (χ1n) is 13.6. The van der Waals surface area contributed by atoms with Gasteiger partial charge < -0.3 is 0 Å². The molecule has 8 rings (SSSR count). The molecule has 5 aromatic carbocycles. The molecule has 2 heteroatoms. The SMILES string of the molecule is C1=CCC(c2ccc3c(c2)Sc2ccccc2C32c3ccccc3Sc3cccc(-c4ccccc4)c32)C=C1. The topological polar surface area (TPSA) is 0 Å². The third-order valence-corrected chi connectivity index (χ3v) is 10.6. The molecule has 0 fully saturated rings. The van der Waals surface area contributed by atoms with Gasteiger partial charge in [-0.2, -0.15) is 0 Å². The van der Waals surface area contributed by atoms with E-state index in [1.165, 1.54) is 58.5 Å². The van der Waals surface area contributed by atoms with Gasteiger partial charge in [-0.15, -0.1) is 0 Å². The molecular weight excluding hydrogens is 509 g/mol. The van der Waals surface area contributed by atoms with Crippen LogP contribution < -0.4 is 0 Å². The molecule has 0 radical (unpaired) electrons. The Labute approximate surface area is 238 Å². The van der Waals surface area contributed by atoms with E-state index in [9.17, 15) is 0 Å². The van der Waals surface area contributed by atoms with Gasteiger partial charge in [0.05, 0.1) is 5.41 Å². The summed E-state index contributed by atoms with van der Waals surface area (Å²) in [6, 6.07) is 43.3. The number of rotatable bonds is 2. The third-order valence-electron chi connectivity index (χ3n) is 8.33. The van der Waals surface area contributed by atoms with E-state index >= 15 is 0 Å². The van der Waals surface area contributed by atoms with Crippen molar-refractivity contribution in [3.8, 4) is 11.1 Å². The number of benzene rings is 5. The summed E-state index contributed by atoms with van der Waals surface area (Å²) >= 11 is 3.84. The summed E-state index contributed by atoms with van der Waals surface area (Å²) < 4.78 is 0. The molecule has 0 aromatic heterocycles. The maximum absolute atomic E-state index is 2.47. The Morgan fingerprint density at radius 1 is 0.564 bits per heavy atom. The van der Waals surface area contributed by atoms with Gasteiger partial charge in [-0.25, -0.2) is 0 Å². The number of hydrogen-bond donors (Lipinski definition) is 0. The molecule has 0 bridgehead atoms. The standard InChI is InChI=1S/C37H26S2/c1-3-12-25(13-4-1)27-22-23-31-35(24-27)39-33-20-10-8-18-30(33)37(31)29-17-7-9-19-32(29)38-34-21-11-16-28(36(34)37)26-14-5-2-6-15-26/h1-12,14-25H,13H2. The smallest absolute Gasteiger partial charge is 0.0751 e. The molecule has 0 saturated carbocycles. The van der Waals surface area contributed by atoms with Crippen LogP contribution >= 0.6 is 23.5 Å². The van der Waals surface area contributed by atoms with E-state index in [0.717, 1.165) is 6.42 Å². The van der Waals surface area contributed by atoms with Crippen molar-refractivity contribution >= 4 is 23.5 Å². The normalized spacial score (nSPS) is 20.2. The minimum Gasteiger partial charge on any atom is -0.0894 e.